The Morgan fingerprint density at radius 1 is 1.22 bits per heavy atom. The van der Waals surface area contributed by atoms with E-state index in [-0.39, 0.29) is 16.5 Å². The molecule has 8 heteroatoms. The Bertz CT molecular complexity index is 1240. The molecule has 0 saturated carbocycles. The Labute approximate surface area is 189 Å². The van der Waals surface area contributed by atoms with Gasteiger partial charge in [-0.3, -0.25) is 9.59 Å². The summed E-state index contributed by atoms with van der Waals surface area (Å²) >= 11 is 6.23. The number of carbonyl (C=O) groups excluding carboxylic acids is 1. The van der Waals surface area contributed by atoms with Gasteiger partial charge < -0.3 is 19.4 Å². The number of halogens is 2. The van der Waals surface area contributed by atoms with Gasteiger partial charge in [-0.05, 0) is 62.6 Å². The number of nitrogens with one attached hydrogen (secondary N) is 1. The molecule has 1 atom stereocenters. The number of hydrogen-bond acceptors (Lipinski definition) is 4. The van der Waals surface area contributed by atoms with E-state index < -0.39 is 17.5 Å². The fourth-order valence-electron chi connectivity index (χ4n) is 3.98. The van der Waals surface area contributed by atoms with Crippen LogP contribution in [0.2, 0.25) is 5.02 Å². The third-order valence-electron chi connectivity index (χ3n) is 5.67. The monoisotopic (exact) mass is 458 g/mol. The van der Waals surface area contributed by atoms with E-state index in [0.717, 1.165) is 0 Å². The SMILES string of the molecule is C[C@@H](Oc1ccc2c(-c3ccc(F)cc3Cl)c[nH]c(=O)c2c1)C(=O)N1CCOCC1(C)C. The number of rotatable bonds is 4. The van der Waals surface area contributed by atoms with Crippen molar-refractivity contribution in [2.75, 3.05) is 19.8 Å². The Kier molecular flexibility index (Phi) is 5.97. The fourth-order valence-corrected chi connectivity index (χ4v) is 4.25. The molecule has 1 amide bonds. The second-order valence-electron chi connectivity index (χ2n) is 8.48. The minimum atomic E-state index is -0.737. The van der Waals surface area contributed by atoms with Gasteiger partial charge in [0.05, 0.1) is 29.2 Å². The topological polar surface area (TPSA) is 71.6 Å². The molecule has 1 aromatic heterocycles. The lowest BCUT2D eigenvalue weighted by atomic mass is 10.0. The minimum absolute atomic E-state index is 0.140. The molecule has 6 nitrogen and oxygen atoms in total. The van der Waals surface area contributed by atoms with Crippen LogP contribution in [0.25, 0.3) is 21.9 Å². The molecule has 32 heavy (non-hydrogen) atoms. The van der Waals surface area contributed by atoms with Gasteiger partial charge in [0.1, 0.15) is 11.6 Å². The van der Waals surface area contributed by atoms with Crippen LogP contribution in [0, 0.1) is 5.82 Å². The molecule has 0 spiro atoms. The number of fused-ring (bicyclic) bond motifs is 1. The normalized spacial score (nSPS) is 16.7. The maximum atomic E-state index is 13.5. The first-order valence-corrected chi connectivity index (χ1v) is 10.7. The van der Waals surface area contributed by atoms with Gasteiger partial charge in [-0.1, -0.05) is 11.6 Å². The van der Waals surface area contributed by atoms with Crippen molar-refractivity contribution in [2.24, 2.45) is 0 Å². The Hall–Kier alpha value is -2.90. The molecule has 4 rings (SSSR count). The zero-order valence-electron chi connectivity index (χ0n) is 18.1. The highest BCUT2D eigenvalue weighted by atomic mass is 35.5. The number of amides is 1. The third kappa shape index (κ3) is 4.23. The first-order chi connectivity index (χ1) is 15.2. The van der Waals surface area contributed by atoms with E-state index in [0.29, 0.717) is 47.4 Å². The number of aromatic nitrogens is 1. The number of nitrogens with zero attached hydrogens (tertiary/aromatic N) is 1. The summed E-state index contributed by atoms with van der Waals surface area (Å²) in [5.74, 6) is -0.179. The average molecular weight is 459 g/mol. The van der Waals surface area contributed by atoms with Crippen LogP contribution in [0.5, 0.6) is 5.75 Å². The van der Waals surface area contributed by atoms with Crippen LogP contribution in [0.3, 0.4) is 0 Å². The van der Waals surface area contributed by atoms with E-state index >= 15 is 0 Å². The predicted molar refractivity (Wildman–Crippen MR) is 122 cm³/mol. The summed E-state index contributed by atoms with van der Waals surface area (Å²) in [5, 5.41) is 1.26. The first-order valence-electron chi connectivity index (χ1n) is 10.3. The van der Waals surface area contributed by atoms with Gasteiger partial charge in [0, 0.05) is 23.9 Å². The standard InChI is InChI=1S/C24H24ClFN2O4/c1-14(23(30)28-8-9-31-13-24(28,2)3)32-16-5-7-17-19(11-16)22(29)27-12-20(17)18-6-4-15(26)10-21(18)25/h4-7,10-12,14H,8-9,13H2,1-3H3,(H,27,29)/t14-/m1/s1. The number of carbonyl (C=O) groups is 1. The van der Waals surface area contributed by atoms with Gasteiger partial charge in [-0.15, -0.1) is 0 Å². The second kappa shape index (κ2) is 8.56. The van der Waals surface area contributed by atoms with Crippen molar-refractivity contribution in [1.29, 1.82) is 0 Å². The molecular weight excluding hydrogens is 435 g/mol. The van der Waals surface area contributed by atoms with Crippen LogP contribution in [0.1, 0.15) is 20.8 Å². The lowest BCUT2D eigenvalue weighted by Crippen LogP contribution is -2.58. The van der Waals surface area contributed by atoms with Crippen molar-refractivity contribution < 1.29 is 18.7 Å². The van der Waals surface area contributed by atoms with E-state index in [1.807, 2.05) is 13.8 Å². The van der Waals surface area contributed by atoms with Crippen LogP contribution in [-0.2, 0) is 9.53 Å². The first kappa shape index (κ1) is 22.3. The van der Waals surface area contributed by atoms with Gasteiger partial charge in [-0.25, -0.2) is 4.39 Å². The summed E-state index contributed by atoms with van der Waals surface area (Å²) in [7, 11) is 0. The maximum absolute atomic E-state index is 13.5. The van der Waals surface area contributed by atoms with Gasteiger partial charge in [0.15, 0.2) is 6.10 Å². The van der Waals surface area contributed by atoms with Gasteiger partial charge in [0.2, 0.25) is 0 Å². The number of ether oxygens (including phenoxy) is 2. The Morgan fingerprint density at radius 3 is 2.72 bits per heavy atom. The summed E-state index contributed by atoms with van der Waals surface area (Å²) in [6.45, 7) is 7.05. The summed E-state index contributed by atoms with van der Waals surface area (Å²) in [5.41, 5.74) is 0.536. The third-order valence-corrected chi connectivity index (χ3v) is 5.98. The highest BCUT2D eigenvalue weighted by molar-refractivity contribution is 6.33. The van der Waals surface area contributed by atoms with Gasteiger partial charge in [-0.2, -0.15) is 0 Å². The molecule has 1 fully saturated rings. The lowest BCUT2D eigenvalue weighted by molar-refractivity contribution is -0.153. The van der Waals surface area contributed by atoms with E-state index in [1.54, 1.807) is 42.3 Å². The molecule has 1 aliphatic heterocycles. The van der Waals surface area contributed by atoms with E-state index in [4.69, 9.17) is 21.1 Å². The summed E-state index contributed by atoms with van der Waals surface area (Å²) in [6.07, 6.45) is 0.815. The molecule has 2 heterocycles. The summed E-state index contributed by atoms with van der Waals surface area (Å²) in [4.78, 5) is 30.0. The Balaban J connectivity index is 1.65. The van der Waals surface area contributed by atoms with Gasteiger partial charge >= 0.3 is 0 Å². The molecular formula is C24H24ClFN2O4. The average Bonchev–Trinajstić information content (AvgIpc) is 2.74. The highest BCUT2D eigenvalue weighted by Gasteiger charge is 2.36. The number of aromatic amines is 1. The van der Waals surface area contributed by atoms with Crippen LogP contribution in [0.15, 0.2) is 47.4 Å². The van der Waals surface area contributed by atoms with Crippen molar-refractivity contribution in [3.05, 3.63) is 63.8 Å². The maximum Gasteiger partial charge on any atom is 0.263 e. The van der Waals surface area contributed by atoms with Gasteiger partial charge in [0.25, 0.3) is 11.5 Å². The predicted octanol–water partition coefficient (Wildman–Crippen LogP) is 4.39. The molecule has 0 radical (unpaired) electrons. The zero-order valence-corrected chi connectivity index (χ0v) is 18.8. The molecule has 1 aliphatic rings. The van der Waals surface area contributed by atoms with E-state index in [9.17, 15) is 14.0 Å². The molecule has 2 aromatic carbocycles. The second-order valence-corrected chi connectivity index (χ2v) is 8.89. The fraction of sp³-hybridized carbons (Fsp3) is 0.333. The largest absolute Gasteiger partial charge is 0.481 e. The summed E-state index contributed by atoms with van der Waals surface area (Å²) in [6, 6.07) is 9.16. The van der Waals surface area contributed by atoms with Crippen LogP contribution in [-0.4, -0.2) is 47.2 Å². The van der Waals surface area contributed by atoms with Crippen LogP contribution < -0.4 is 10.3 Å². The number of hydrogen-bond donors (Lipinski definition) is 1. The molecule has 3 aromatic rings. The number of morpholine rings is 1. The summed E-state index contributed by atoms with van der Waals surface area (Å²) < 4.78 is 24.9. The molecule has 0 bridgehead atoms. The van der Waals surface area contributed by atoms with Crippen LogP contribution >= 0.6 is 11.6 Å². The lowest BCUT2D eigenvalue weighted by Gasteiger charge is -2.43. The van der Waals surface area contributed by atoms with Crippen LogP contribution in [0.4, 0.5) is 4.39 Å². The number of H-pyrrole nitrogens is 1. The van der Waals surface area contributed by atoms with Crippen molar-refractivity contribution in [3.8, 4) is 16.9 Å². The highest BCUT2D eigenvalue weighted by Crippen LogP contribution is 2.33. The minimum Gasteiger partial charge on any atom is -0.481 e. The molecule has 0 aliphatic carbocycles. The smallest absolute Gasteiger partial charge is 0.263 e. The number of pyridine rings is 1. The van der Waals surface area contributed by atoms with Crippen molar-refractivity contribution in [2.45, 2.75) is 32.4 Å². The zero-order chi connectivity index (χ0) is 23.0. The van der Waals surface area contributed by atoms with Crippen molar-refractivity contribution in [1.82, 2.24) is 9.88 Å². The molecule has 168 valence electrons. The van der Waals surface area contributed by atoms with E-state index in [1.165, 1.54) is 12.1 Å². The van der Waals surface area contributed by atoms with E-state index in [2.05, 4.69) is 4.98 Å². The number of benzene rings is 2. The molecule has 1 N–H and O–H groups in total. The Morgan fingerprint density at radius 2 is 2.00 bits per heavy atom. The molecule has 1 saturated heterocycles. The van der Waals surface area contributed by atoms with Crippen molar-refractivity contribution >= 4 is 28.3 Å². The quantitative estimate of drug-likeness (QED) is 0.629. The molecule has 0 unspecified atom stereocenters. The van der Waals surface area contributed by atoms with Crippen molar-refractivity contribution in [3.63, 3.8) is 0 Å².